The number of fused-ring (bicyclic) bond motifs is 8. The maximum absolute atomic E-state index is 7.47. The minimum atomic E-state index is -0.896. The van der Waals surface area contributed by atoms with Crippen LogP contribution in [0.5, 0.6) is 23.0 Å². The molecule has 0 fully saturated rings. The normalized spacial score (nSPS) is 16.9. The first-order valence-corrected chi connectivity index (χ1v) is 16.9. The Hall–Kier alpha value is -5.48. The van der Waals surface area contributed by atoms with E-state index in [0.29, 0.717) is 0 Å². The summed E-state index contributed by atoms with van der Waals surface area (Å²) in [4.78, 5) is 0. The molecule has 4 nitrogen and oxygen atoms in total. The van der Waals surface area contributed by atoms with Gasteiger partial charge in [-0.1, -0.05) is 86.7 Å². The molecule has 4 heteroatoms. The Morgan fingerprint density at radius 3 is 1.94 bits per heavy atom. The lowest BCUT2D eigenvalue weighted by atomic mass is 9.76. The van der Waals surface area contributed by atoms with Gasteiger partial charge in [0.05, 0.1) is 20.3 Å². The van der Waals surface area contributed by atoms with Crippen molar-refractivity contribution in [2.45, 2.75) is 44.8 Å². The Labute approximate surface area is 288 Å². The highest BCUT2D eigenvalue weighted by Gasteiger charge is 2.44. The first kappa shape index (κ1) is 30.8. The van der Waals surface area contributed by atoms with Crippen molar-refractivity contribution >= 4 is 16.8 Å². The predicted octanol–water partition coefficient (Wildman–Crippen LogP) is 11.0. The van der Waals surface area contributed by atoms with E-state index in [4.69, 9.17) is 18.9 Å². The van der Waals surface area contributed by atoms with Gasteiger partial charge in [0.1, 0.15) is 23.0 Å². The summed E-state index contributed by atoms with van der Waals surface area (Å²) in [5, 5.41) is 2.17. The molecule has 0 radical (unpaired) electrons. The van der Waals surface area contributed by atoms with Crippen LogP contribution < -0.4 is 18.9 Å². The van der Waals surface area contributed by atoms with E-state index in [9.17, 15) is 0 Å². The van der Waals surface area contributed by atoms with Gasteiger partial charge in [-0.3, -0.25) is 0 Å². The van der Waals surface area contributed by atoms with E-state index in [1.807, 2.05) is 44.2 Å². The highest BCUT2D eigenvalue weighted by molar-refractivity contribution is 6.09. The fraction of sp³-hybridized carbons (Fsp3) is 0.200. The summed E-state index contributed by atoms with van der Waals surface area (Å²) < 4.78 is 24.8. The van der Waals surface area contributed by atoms with Gasteiger partial charge in [-0.05, 0) is 107 Å². The van der Waals surface area contributed by atoms with Crippen LogP contribution in [-0.4, -0.2) is 20.3 Å². The number of ether oxygens (including phenoxy) is 4. The van der Waals surface area contributed by atoms with Gasteiger partial charge in [-0.25, -0.2) is 0 Å². The molecule has 0 aromatic heterocycles. The number of benzene rings is 6. The van der Waals surface area contributed by atoms with Crippen LogP contribution in [0.4, 0.5) is 0 Å². The second-order valence-electron chi connectivity index (χ2n) is 13.7. The van der Waals surface area contributed by atoms with Gasteiger partial charge >= 0.3 is 0 Å². The maximum atomic E-state index is 7.47. The average molecular weight is 645 g/mol. The van der Waals surface area contributed by atoms with Crippen LogP contribution in [0.2, 0.25) is 0 Å². The summed E-state index contributed by atoms with van der Waals surface area (Å²) in [6.45, 7) is 8.76. The SMILES string of the molecule is COc1ccc(C2(c3ccc(OC(C)C)cc3)C=Cc3c4c(c5cc(OC)ccc5c3O2)-c2ccc(-c3ccccc3)cc2C4(C)C)cc1. The predicted molar refractivity (Wildman–Crippen MR) is 199 cm³/mol. The largest absolute Gasteiger partial charge is 0.497 e. The van der Waals surface area contributed by atoms with Gasteiger partial charge in [0, 0.05) is 27.5 Å². The van der Waals surface area contributed by atoms with E-state index in [2.05, 4.69) is 111 Å². The molecular weight excluding hydrogens is 604 g/mol. The van der Waals surface area contributed by atoms with Crippen LogP contribution in [0.25, 0.3) is 39.1 Å². The summed E-state index contributed by atoms with van der Waals surface area (Å²) in [5.41, 5.74) is 9.43. The number of hydrogen-bond acceptors (Lipinski definition) is 4. The minimum absolute atomic E-state index is 0.0841. The highest BCUT2D eigenvalue weighted by atomic mass is 16.5. The molecule has 0 amide bonds. The van der Waals surface area contributed by atoms with Gasteiger partial charge in [0.15, 0.2) is 5.60 Å². The topological polar surface area (TPSA) is 36.9 Å². The molecule has 6 aromatic rings. The molecular formula is C45H40O4. The molecule has 1 aliphatic heterocycles. The molecule has 0 spiro atoms. The summed E-state index contributed by atoms with van der Waals surface area (Å²) in [6, 6.07) is 40.3. The molecule has 0 saturated carbocycles. The monoisotopic (exact) mass is 644 g/mol. The van der Waals surface area contributed by atoms with Crippen LogP contribution in [0.1, 0.15) is 55.5 Å². The first-order chi connectivity index (χ1) is 23.7. The van der Waals surface area contributed by atoms with Crippen LogP contribution in [0, 0.1) is 0 Å². The molecule has 8 rings (SSSR count). The van der Waals surface area contributed by atoms with Crippen molar-refractivity contribution < 1.29 is 18.9 Å². The molecule has 244 valence electrons. The van der Waals surface area contributed by atoms with Crippen molar-refractivity contribution in [3.63, 3.8) is 0 Å². The van der Waals surface area contributed by atoms with Crippen molar-refractivity contribution in [2.75, 3.05) is 14.2 Å². The van der Waals surface area contributed by atoms with Crippen molar-refractivity contribution in [3.8, 4) is 45.3 Å². The van der Waals surface area contributed by atoms with E-state index in [1.165, 1.54) is 33.4 Å². The third kappa shape index (κ3) is 4.89. The van der Waals surface area contributed by atoms with Crippen LogP contribution in [-0.2, 0) is 11.0 Å². The Kier molecular flexibility index (Phi) is 7.29. The number of hydrogen-bond donors (Lipinski definition) is 0. The van der Waals surface area contributed by atoms with E-state index in [-0.39, 0.29) is 11.5 Å². The zero-order valence-corrected chi connectivity index (χ0v) is 28.8. The summed E-state index contributed by atoms with van der Waals surface area (Å²) in [6.07, 6.45) is 4.59. The smallest absolute Gasteiger partial charge is 0.178 e. The summed E-state index contributed by atoms with van der Waals surface area (Å²) in [5.74, 6) is 3.30. The van der Waals surface area contributed by atoms with E-state index >= 15 is 0 Å². The molecule has 0 N–H and O–H groups in total. The molecule has 0 saturated heterocycles. The molecule has 1 heterocycles. The summed E-state index contributed by atoms with van der Waals surface area (Å²) in [7, 11) is 3.42. The molecule has 1 atom stereocenters. The Morgan fingerprint density at radius 1 is 0.633 bits per heavy atom. The van der Waals surface area contributed by atoms with Crippen LogP contribution in [0.3, 0.4) is 0 Å². The standard InChI is InChI=1S/C45H40O4/c1-28(2)48-34-19-15-32(16-20-34)45(31-13-17-33(46-5)18-14-31)25-24-38-42-41(39-27-35(47-6)21-23-36(39)43(38)49-45)37-22-12-30(26-40(37)44(42,3)4)29-10-8-7-9-11-29/h7-28H,1-6H3. The third-order valence-electron chi connectivity index (χ3n) is 10.1. The molecule has 2 aliphatic rings. The molecule has 49 heavy (non-hydrogen) atoms. The lowest BCUT2D eigenvalue weighted by molar-refractivity contribution is 0.163. The molecule has 0 bridgehead atoms. The van der Waals surface area contributed by atoms with E-state index in [1.54, 1.807) is 14.2 Å². The van der Waals surface area contributed by atoms with Gasteiger partial charge in [0.2, 0.25) is 0 Å². The Balaban J connectivity index is 1.37. The van der Waals surface area contributed by atoms with E-state index < -0.39 is 5.60 Å². The second kappa shape index (κ2) is 11.6. The first-order valence-electron chi connectivity index (χ1n) is 16.9. The fourth-order valence-corrected chi connectivity index (χ4v) is 7.77. The zero-order valence-electron chi connectivity index (χ0n) is 28.8. The molecule has 1 aliphatic carbocycles. The van der Waals surface area contributed by atoms with Crippen LogP contribution >= 0.6 is 0 Å². The summed E-state index contributed by atoms with van der Waals surface area (Å²) >= 11 is 0. The quantitative estimate of drug-likeness (QED) is 0.173. The lowest BCUT2D eigenvalue weighted by Gasteiger charge is -2.38. The highest BCUT2D eigenvalue weighted by Crippen LogP contribution is 2.59. The van der Waals surface area contributed by atoms with E-state index in [0.717, 1.165) is 50.5 Å². The Morgan fingerprint density at radius 2 is 1.29 bits per heavy atom. The average Bonchev–Trinajstić information content (AvgIpc) is 3.37. The van der Waals surface area contributed by atoms with Gasteiger partial charge in [0.25, 0.3) is 0 Å². The number of methoxy groups -OCH3 is 2. The second-order valence-corrected chi connectivity index (χ2v) is 13.7. The van der Waals surface area contributed by atoms with Crippen molar-refractivity contribution in [1.29, 1.82) is 0 Å². The minimum Gasteiger partial charge on any atom is -0.497 e. The Bertz CT molecular complexity index is 2230. The van der Waals surface area contributed by atoms with Crippen molar-refractivity contribution in [1.82, 2.24) is 0 Å². The molecule has 6 aromatic carbocycles. The van der Waals surface area contributed by atoms with Gasteiger partial charge in [-0.15, -0.1) is 0 Å². The van der Waals surface area contributed by atoms with Crippen LogP contribution in [0.15, 0.2) is 121 Å². The van der Waals surface area contributed by atoms with Crippen molar-refractivity contribution in [3.05, 3.63) is 149 Å². The number of rotatable bonds is 7. The van der Waals surface area contributed by atoms with Gasteiger partial charge in [-0.2, -0.15) is 0 Å². The zero-order chi connectivity index (χ0) is 33.9. The molecule has 1 unspecified atom stereocenters. The van der Waals surface area contributed by atoms with Crippen molar-refractivity contribution in [2.24, 2.45) is 0 Å². The van der Waals surface area contributed by atoms with Gasteiger partial charge < -0.3 is 18.9 Å². The maximum Gasteiger partial charge on any atom is 0.178 e. The third-order valence-corrected chi connectivity index (χ3v) is 10.1. The fourth-order valence-electron chi connectivity index (χ4n) is 7.77. The lowest BCUT2D eigenvalue weighted by Crippen LogP contribution is -2.35.